The first-order valence-corrected chi connectivity index (χ1v) is 10.1. The van der Waals surface area contributed by atoms with E-state index in [0.717, 1.165) is 29.1 Å². The zero-order chi connectivity index (χ0) is 22.9. The SMILES string of the molecule is COc1cccc2c1c(OSC)c(C(=O)N(C)c1ccc(C(F)(F)F)cc1)c(=O)n2C. The lowest BCUT2D eigenvalue weighted by molar-refractivity contribution is -0.137. The van der Waals surface area contributed by atoms with Crippen molar-refractivity contribution in [2.75, 3.05) is 25.3 Å². The van der Waals surface area contributed by atoms with Gasteiger partial charge in [-0.05, 0) is 36.4 Å². The predicted molar refractivity (Wildman–Crippen MR) is 114 cm³/mol. The molecule has 3 rings (SSSR count). The molecule has 0 aliphatic rings. The van der Waals surface area contributed by atoms with Crippen LogP contribution in [0.25, 0.3) is 10.9 Å². The van der Waals surface area contributed by atoms with Gasteiger partial charge in [-0.25, -0.2) is 0 Å². The summed E-state index contributed by atoms with van der Waals surface area (Å²) in [5, 5.41) is 0.436. The van der Waals surface area contributed by atoms with E-state index >= 15 is 0 Å². The van der Waals surface area contributed by atoms with Crippen LogP contribution in [0.1, 0.15) is 15.9 Å². The van der Waals surface area contributed by atoms with E-state index in [2.05, 4.69) is 0 Å². The Balaban J connectivity index is 2.19. The number of rotatable bonds is 5. The average Bonchev–Trinajstić information content (AvgIpc) is 2.75. The Morgan fingerprint density at radius 1 is 1.13 bits per heavy atom. The molecule has 0 atom stereocenters. The highest BCUT2D eigenvalue weighted by Gasteiger charge is 2.31. The van der Waals surface area contributed by atoms with Gasteiger partial charge in [0.1, 0.15) is 11.3 Å². The van der Waals surface area contributed by atoms with Crippen LogP contribution in [-0.4, -0.2) is 30.9 Å². The number of pyridine rings is 1. The lowest BCUT2D eigenvalue weighted by Crippen LogP contribution is -2.34. The largest absolute Gasteiger partial charge is 0.496 e. The van der Waals surface area contributed by atoms with Crippen molar-refractivity contribution in [2.45, 2.75) is 6.18 Å². The molecular weight excluding hydrogens is 433 g/mol. The van der Waals surface area contributed by atoms with Crippen LogP contribution in [-0.2, 0) is 13.2 Å². The standard InChI is InChI=1S/C21H19F3N2O4S/c1-25(13-10-8-12(9-11-13)21(22,23)24)19(27)17-18(30-31-4)16-14(26(2)20(17)28)6-5-7-15(16)29-3/h5-11H,1-4H3. The van der Waals surface area contributed by atoms with Crippen molar-refractivity contribution in [1.29, 1.82) is 0 Å². The van der Waals surface area contributed by atoms with Gasteiger partial charge in [0.25, 0.3) is 11.5 Å². The van der Waals surface area contributed by atoms with Crippen LogP contribution in [0.2, 0.25) is 0 Å². The number of carbonyl (C=O) groups excluding carboxylic acids is 1. The fraction of sp³-hybridized carbons (Fsp3) is 0.238. The Labute approximate surface area is 180 Å². The zero-order valence-corrected chi connectivity index (χ0v) is 17.9. The van der Waals surface area contributed by atoms with E-state index in [0.29, 0.717) is 16.7 Å². The van der Waals surface area contributed by atoms with Gasteiger partial charge in [0.05, 0.1) is 35.6 Å². The van der Waals surface area contributed by atoms with Gasteiger partial charge in [-0.1, -0.05) is 6.07 Å². The van der Waals surface area contributed by atoms with Gasteiger partial charge < -0.3 is 18.4 Å². The summed E-state index contributed by atoms with van der Waals surface area (Å²) in [6.45, 7) is 0. The Morgan fingerprint density at radius 2 is 1.77 bits per heavy atom. The van der Waals surface area contributed by atoms with E-state index in [9.17, 15) is 22.8 Å². The summed E-state index contributed by atoms with van der Waals surface area (Å²) in [6.07, 6.45) is -2.86. The van der Waals surface area contributed by atoms with Gasteiger partial charge in [0.2, 0.25) is 0 Å². The topological polar surface area (TPSA) is 60.8 Å². The van der Waals surface area contributed by atoms with Crippen LogP contribution < -0.4 is 19.4 Å². The highest BCUT2D eigenvalue weighted by atomic mass is 32.2. The first-order valence-electron chi connectivity index (χ1n) is 8.97. The first-order chi connectivity index (χ1) is 14.6. The highest BCUT2D eigenvalue weighted by Crippen LogP contribution is 2.37. The van der Waals surface area contributed by atoms with Crippen molar-refractivity contribution >= 4 is 34.5 Å². The van der Waals surface area contributed by atoms with Crippen LogP contribution in [0.15, 0.2) is 47.3 Å². The Hall–Kier alpha value is -3.14. The van der Waals surface area contributed by atoms with Crippen LogP contribution in [0.5, 0.6) is 11.5 Å². The van der Waals surface area contributed by atoms with Gasteiger partial charge in [-0.2, -0.15) is 13.2 Å². The number of fused-ring (bicyclic) bond motifs is 1. The molecule has 0 radical (unpaired) electrons. The number of alkyl halides is 3. The quantitative estimate of drug-likeness (QED) is 0.534. The number of aromatic nitrogens is 1. The monoisotopic (exact) mass is 452 g/mol. The molecule has 1 aromatic heterocycles. The van der Waals surface area contributed by atoms with Crippen LogP contribution >= 0.6 is 12.0 Å². The third-order valence-electron chi connectivity index (χ3n) is 4.83. The molecule has 164 valence electrons. The van der Waals surface area contributed by atoms with Crippen molar-refractivity contribution in [2.24, 2.45) is 7.05 Å². The molecule has 0 aliphatic heterocycles. The summed E-state index contributed by atoms with van der Waals surface area (Å²) in [5.74, 6) is -0.285. The summed E-state index contributed by atoms with van der Waals surface area (Å²) in [7, 11) is 4.35. The number of hydrogen-bond donors (Lipinski definition) is 0. The molecule has 0 fully saturated rings. The van der Waals surface area contributed by atoms with E-state index in [1.54, 1.807) is 24.5 Å². The maximum Gasteiger partial charge on any atom is 0.416 e. The summed E-state index contributed by atoms with van der Waals surface area (Å²) < 4.78 is 50.9. The molecule has 0 spiro atoms. The molecule has 1 heterocycles. The second kappa shape index (κ2) is 8.54. The van der Waals surface area contributed by atoms with Gasteiger partial charge in [0.15, 0.2) is 5.75 Å². The number of ether oxygens (including phenoxy) is 1. The summed E-state index contributed by atoms with van der Waals surface area (Å²) in [6, 6.07) is 9.16. The van der Waals surface area contributed by atoms with Gasteiger partial charge in [-0.15, -0.1) is 0 Å². The van der Waals surface area contributed by atoms with E-state index in [4.69, 9.17) is 8.92 Å². The van der Waals surface area contributed by atoms with Gasteiger partial charge >= 0.3 is 6.18 Å². The minimum absolute atomic E-state index is 0.0341. The summed E-state index contributed by atoms with van der Waals surface area (Å²) >= 11 is 0.948. The van der Waals surface area contributed by atoms with Crippen molar-refractivity contribution < 1.29 is 26.9 Å². The van der Waals surface area contributed by atoms with Gasteiger partial charge in [-0.3, -0.25) is 9.59 Å². The molecule has 0 unspecified atom stereocenters. The Kier molecular flexibility index (Phi) is 6.21. The molecule has 10 heteroatoms. The summed E-state index contributed by atoms with van der Waals surface area (Å²) in [5.41, 5.74) is -1.00. The molecule has 1 amide bonds. The number of nitrogens with zero attached hydrogens (tertiary/aromatic N) is 2. The Bertz CT molecular complexity index is 1190. The van der Waals surface area contributed by atoms with E-state index in [-0.39, 0.29) is 17.0 Å². The normalized spacial score (nSPS) is 11.5. The van der Waals surface area contributed by atoms with E-state index in [1.165, 1.54) is 37.9 Å². The highest BCUT2D eigenvalue weighted by molar-refractivity contribution is 7.94. The third-order valence-corrected chi connectivity index (χ3v) is 5.16. The number of anilines is 1. The Morgan fingerprint density at radius 3 is 2.32 bits per heavy atom. The number of halogens is 3. The van der Waals surface area contributed by atoms with Crippen molar-refractivity contribution in [3.05, 3.63) is 63.9 Å². The molecule has 2 aromatic carbocycles. The minimum atomic E-state index is -4.49. The number of amides is 1. The number of methoxy groups -OCH3 is 1. The summed E-state index contributed by atoms with van der Waals surface area (Å²) in [4.78, 5) is 27.5. The third kappa shape index (κ3) is 4.07. The van der Waals surface area contributed by atoms with Gasteiger partial charge in [0, 0.05) is 26.0 Å². The van der Waals surface area contributed by atoms with E-state index in [1.807, 2.05) is 0 Å². The second-order valence-corrected chi connectivity index (χ2v) is 7.08. The molecule has 0 N–H and O–H groups in total. The number of carbonyl (C=O) groups is 1. The van der Waals surface area contributed by atoms with Crippen LogP contribution in [0, 0.1) is 0 Å². The van der Waals surface area contributed by atoms with Crippen molar-refractivity contribution in [3.8, 4) is 11.5 Å². The van der Waals surface area contributed by atoms with Crippen LogP contribution in [0.4, 0.5) is 18.9 Å². The minimum Gasteiger partial charge on any atom is -0.496 e. The lowest BCUT2D eigenvalue weighted by Gasteiger charge is -2.21. The fourth-order valence-corrected chi connectivity index (χ4v) is 3.54. The molecule has 6 nitrogen and oxygen atoms in total. The molecule has 31 heavy (non-hydrogen) atoms. The second-order valence-electron chi connectivity index (χ2n) is 6.58. The molecule has 0 aliphatic carbocycles. The lowest BCUT2D eigenvalue weighted by atomic mass is 10.1. The molecule has 3 aromatic rings. The molecule has 0 saturated heterocycles. The maximum atomic E-state index is 13.3. The van der Waals surface area contributed by atoms with E-state index < -0.39 is 23.2 Å². The molecule has 0 saturated carbocycles. The zero-order valence-electron chi connectivity index (χ0n) is 17.1. The first kappa shape index (κ1) is 22.5. The number of benzene rings is 2. The average molecular weight is 452 g/mol. The smallest absolute Gasteiger partial charge is 0.416 e. The molecular formula is C21H19F3N2O4S. The predicted octanol–water partition coefficient (Wildman–Crippen LogP) is 4.50. The molecule has 0 bridgehead atoms. The van der Waals surface area contributed by atoms with Crippen molar-refractivity contribution in [3.63, 3.8) is 0 Å². The number of hydrogen-bond acceptors (Lipinski definition) is 5. The maximum absolute atomic E-state index is 13.3. The number of aryl methyl sites for hydroxylation is 1. The van der Waals surface area contributed by atoms with Crippen molar-refractivity contribution in [1.82, 2.24) is 4.57 Å². The van der Waals surface area contributed by atoms with Crippen LogP contribution in [0.3, 0.4) is 0 Å². The fourth-order valence-electron chi connectivity index (χ4n) is 3.21.